The van der Waals surface area contributed by atoms with Gasteiger partial charge in [-0.1, -0.05) is 69.2 Å². The van der Waals surface area contributed by atoms with Crippen molar-refractivity contribution in [3.05, 3.63) is 75.8 Å². The quantitative estimate of drug-likeness (QED) is 0.0883. The van der Waals surface area contributed by atoms with E-state index in [0.29, 0.717) is 17.7 Å². The number of hydrogen-bond acceptors (Lipinski definition) is 7. The topological polar surface area (TPSA) is 113 Å². The van der Waals surface area contributed by atoms with E-state index in [1.54, 1.807) is 55.5 Å². The maximum absolute atomic E-state index is 12.4. The molecule has 2 aromatic carbocycles. The Hall–Kier alpha value is -3.39. The second kappa shape index (κ2) is 14.0. The summed E-state index contributed by atoms with van der Waals surface area (Å²) in [4.78, 5) is 47.8. The lowest BCUT2D eigenvalue weighted by Gasteiger charge is -2.18. The van der Waals surface area contributed by atoms with Crippen LogP contribution in [0.2, 0.25) is 0 Å². The minimum atomic E-state index is -0.784. The molecule has 0 amide bonds. The Morgan fingerprint density at radius 3 is 2.32 bits per heavy atom. The summed E-state index contributed by atoms with van der Waals surface area (Å²) < 4.78 is 10.8. The summed E-state index contributed by atoms with van der Waals surface area (Å²) in [6.07, 6.45) is 1.82. The first kappa shape index (κ1) is 26.9. The first-order chi connectivity index (χ1) is 16.3. The molecule has 2 unspecified atom stereocenters. The number of unbranched alkanes of at least 4 members (excludes halogenated alkanes) is 2. The van der Waals surface area contributed by atoms with Gasteiger partial charge in [-0.25, -0.2) is 0 Å². The van der Waals surface area contributed by atoms with Crippen LogP contribution in [0, 0.1) is 16.0 Å². The molecule has 0 saturated heterocycles. The van der Waals surface area contributed by atoms with Crippen molar-refractivity contribution in [3.63, 3.8) is 0 Å². The Balaban J connectivity index is 1.94. The van der Waals surface area contributed by atoms with Crippen molar-refractivity contribution >= 4 is 23.4 Å². The van der Waals surface area contributed by atoms with Gasteiger partial charge in [0.15, 0.2) is 5.78 Å². The second-order valence-electron chi connectivity index (χ2n) is 8.10. The number of nitro groups is 1. The highest BCUT2D eigenvalue weighted by atomic mass is 16.6. The van der Waals surface area contributed by atoms with E-state index in [1.807, 2.05) is 0 Å². The summed E-state index contributed by atoms with van der Waals surface area (Å²) in [5.74, 6) is -2.38. The predicted molar refractivity (Wildman–Crippen MR) is 126 cm³/mol. The van der Waals surface area contributed by atoms with Crippen molar-refractivity contribution in [2.45, 2.75) is 58.5 Å². The van der Waals surface area contributed by atoms with E-state index in [0.717, 1.165) is 19.3 Å². The number of hydrogen-bond donors (Lipinski definition) is 0. The normalized spacial score (nSPS) is 12.5. The van der Waals surface area contributed by atoms with Crippen molar-refractivity contribution in [1.29, 1.82) is 0 Å². The summed E-state index contributed by atoms with van der Waals surface area (Å²) in [5, 5.41) is 11.4. The number of nitrogens with zero attached hydrogens (tertiary/aromatic N) is 1. The van der Waals surface area contributed by atoms with Gasteiger partial charge in [0.2, 0.25) is 0 Å². The number of benzene rings is 2. The van der Waals surface area contributed by atoms with Crippen molar-refractivity contribution in [2.24, 2.45) is 5.92 Å². The monoisotopic (exact) mass is 469 g/mol. The molecule has 8 nitrogen and oxygen atoms in total. The summed E-state index contributed by atoms with van der Waals surface area (Å²) >= 11 is 0. The number of Topliss-reactive ketones (excluding diaryl/α,β-unsaturated/α-hetero) is 1. The van der Waals surface area contributed by atoms with Crippen LogP contribution in [-0.2, 0) is 19.1 Å². The van der Waals surface area contributed by atoms with Crippen LogP contribution in [0.5, 0.6) is 0 Å². The Morgan fingerprint density at radius 2 is 1.65 bits per heavy atom. The van der Waals surface area contributed by atoms with Crippen LogP contribution < -0.4 is 0 Å². The van der Waals surface area contributed by atoms with E-state index in [9.17, 15) is 24.5 Å². The molecule has 0 aliphatic rings. The van der Waals surface area contributed by atoms with E-state index in [1.165, 1.54) is 6.07 Å². The average molecular weight is 470 g/mol. The predicted octanol–water partition coefficient (Wildman–Crippen LogP) is 5.60. The van der Waals surface area contributed by atoms with Crippen LogP contribution >= 0.6 is 0 Å². The maximum Gasteiger partial charge on any atom is 0.314 e. The Kier molecular flexibility index (Phi) is 11.1. The first-order valence-corrected chi connectivity index (χ1v) is 11.5. The van der Waals surface area contributed by atoms with E-state index >= 15 is 0 Å². The van der Waals surface area contributed by atoms with Gasteiger partial charge in [-0.15, -0.1) is 0 Å². The molecule has 2 atom stereocenters. The molecule has 182 valence electrons. The molecule has 0 spiro atoms. The third kappa shape index (κ3) is 8.51. The molecular formula is C26H31NO7. The minimum Gasteiger partial charge on any atom is -0.393 e. The van der Waals surface area contributed by atoms with Crippen molar-refractivity contribution in [2.75, 3.05) is 6.61 Å². The number of carbonyl (C=O) groups excluding carboxylic acids is 3. The van der Waals surface area contributed by atoms with Crippen molar-refractivity contribution in [1.82, 2.24) is 0 Å². The van der Waals surface area contributed by atoms with Crippen molar-refractivity contribution in [3.8, 4) is 0 Å². The highest BCUT2D eigenvalue weighted by Gasteiger charge is 2.25. The highest BCUT2D eigenvalue weighted by Crippen LogP contribution is 2.31. The summed E-state index contributed by atoms with van der Waals surface area (Å²) in [5.41, 5.74) is 0.785. The van der Waals surface area contributed by atoms with Gasteiger partial charge in [0.05, 0.1) is 23.0 Å². The van der Waals surface area contributed by atoms with Crippen molar-refractivity contribution < 1.29 is 28.8 Å². The first-order valence-electron chi connectivity index (χ1n) is 11.5. The molecular weight excluding hydrogens is 438 g/mol. The Morgan fingerprint density at radius 1 is 0.971 bits per heavy atom. The van der Waals surface area contributed by atoms with Gasteiger partial charge in [-0.2, -0.15) is 0 Å². The number of para-hydroxylation sites is 1. The molecule has 8 heteroatoms. The second-order valence-corrected chi connectivity index (χ2v) is 8.10. The summed E-state index contributed by atoms with van der Waals surface area (Å²) in [6, 6.07) is 14.8. The standard InChI is InChI=1S/C26H31NO7/c1-3-4-10-17-33-23(21-13-8-9-14-22(21)27(31)32)15-16-24(28)34-25(29)18-19(2)26(30)20-11-6-5-7-12-20/h5-9,11-14,19,23H,3-4,10,15-18H2,1-2H3. The fraction of sp³-hybridized carbons (Fsp3) is 0.423. The molecule has 0 bridgehead atoms. The third-order valence-electron chi connectivity index (χ3n) is 5.36. The third-order valence-corrected chi connectivity index (χ3v) is 5.36. The molecule has 0 heterocycles. The number of ketones is 1. The zero-order valence-corrected chi connectivity index (χ0v) is 19.6. The lowest BCUT2D eigenvalue weighted by Crippen LogP contribution is -2.20. The van der Waals surface area contributed by atoms with Gasteiger partial charge in [0.1, 0.15) is 0 Å². The fourth-order valence-electron chi connectivity index (χ4n) is 3.53. The SMILES string of the molecule is CCCCCOC(CCC(=O)OC(=O)CC(C)C(=O)c1ccccc1)c1ccccc1[N+](=O)[O-]. The van der Waals surface area contributed by atoms with Gasteiger partial charge >= 0.3 is 11.9 Å². The van der Waals surface area contributed by atoms with E-state index < -0.39 is 28.9 Å². The Labute approximate surface area is 199 Å². The van der Waals surface area contributed by atoms with Gasteiger partial charge in [-0.3, -0.25) is 24.5 Å². The van der Waals surface area contributed by atoms with Gasteiger partial charge in [0.25, 0.3) is 5.69 Å². The number of esters is 2. The number of nitro benzene ring substituents is 1. The molecule has 0 aromatic heterocycles. The van der Waals surface area contributed by atoms with Gasteiger partial charge in [-0.05, 0) is 18.9 Å². The fourth-order valence-corrected chi connectivity index (χ4v) is 3.53. The molecule has 0 N–H and O–H groups in total. The lowest BCUT2D eigenvalue weighted by atomic mass is 9.96. The zero-order chi connectivity index (χ0) is 24.9. The van der Waals surface area contributed by atoms with Gasteiger partial charge < -0.3 is 9.47 Å². The van der Waals surface area contributed by atoms with Crippen LogP contribution in [0.3, 0.4) is 0 Å². The van der Waals surface area contributed by atoms with Crippen LogP contribution in [0.4, 0.5) is 5.69 Å². The maximum atomic E-state index is 12.4. The summed E-state index contributed by atoms with van der Waals surface area (Å²) in [6.45, 7) is 4.06. The molecule has 34 heavy (non-hydrogen) atoms. The van der Waals surface area contributed by atoms with E-state index in [-0.39, 0.29) is 30.7 Å². The van der Waals surface area contributed by atoms with Crippen LogP contribution in [0.25, 0.3) is 0 Å². The zero-order valence-electron chi connectivity index (χ0n) is 19.6. The molecule has 0 saturated carbocycles. The number of carbonyl (C=O) groups is 3. The van der Waals surface area contributed by atoms with E-state index in [4.69, 9.17) is 9.47 Å². The largest absolute Gasteiger partial charge is 0.393 e. The summed E-state index contributed by atoms with van der Waals surface area (Å²) in [7, 11) is 0. The van der Waals surface area contributed by atoms with Crippen LogP contribution in [0.1, 0.15) is 74.4 Å². The van der Waals surface area contributed by atoms with E-state index in [2.05, 4.69) is 6.92 Å². The van der Waals surface area contributed by atoms with Crippen LogP contribution in [-0.4, -0.2) is 29.3 Å². The molecule has 2 aromatic rings. The van der Waals surface area contributed by atoms with Gasteiger partial charge in [0, 0.05) is 30.6 Å². The molecule has 0 aliphatic heterocycles. The lowest BCUT2D eigenvalue weighted by molar-refractivity contribution is -0.386. The minimum absolute atomic E-state index is 0.0827. The Bertz CT molecular complexity index is 974. The highest BCUT2D eigenvalue weighted by molar-refractivity contribution is 5.99. The smallest absolute Gasteiger partial charge is 0.314 e. The molecule has 0 radical (unpaired) electrons. The number of ether oxygens (including phenoxy) is 2. The molecule has 0 aliphatic carbocycles. The van der Waals surface area contributed by atoms with Crippen LogP contribution in [0.15, 0.2) is 54.6 Å². The molecule has 2 rings (SSSR count). The molecule has 0 fully saturated rings. The average Bonchev–Trinajstić information content (AvgIpc) is 2.83. The number of rotatable bonds is 14.